The summed E-state index contributed by atoms with van der Waals surface area (Å²) < 4.78 is 17.0. The molecule has 0 atom stereocenters. The van der Waals surface area contributed by atoms with Crippen LogP contribution in [0.15, 0.2) is 65.1 Å². The van der Waals surface area contributed by atoms with Crippen LogP contribution >= 0.6 is 0 Å². The quantitative estimate of drug-likeness (QED) is 0.517. The normalized spacial score (nSPS) is 12.7. The van der Waals surface area contributed by atoms with E-state index in [4.69, 9.17) is 13.9 Å². The number of carbonyl (C=O) groups excluding carboxylic acids is 1. The molecule has 1 amide bonds. The van der Waals surface area contributed by atoms with Crippen LogP contribution in [-0.4, -0.2) is 24.1 Å². The molecular weight excluding hydrogens is 380 g/mol. The van der Waals surface area contributed by atoms with E-state index in [0.717, 1.165) is 23.1 Å². The zero-order chi connectivity index (χ0) is 20.5. The predicted molar refractivity (Wildman–Crippen MR) is 114 cm³/mol. The molecule has 0 saturated heterocycles. The molecule has 0 bridgehead atoms. The van der Waals surface area contributed by atoms with Crippen molar-refractivity contribution in [3.8, 4) is 23.0 Å². The second kappa shape index (κ2) is 7.55. The van der Waals surface area contributed by atoms with E-state index in [-0.39, 0.29) is 5.91 Å². The molecule has 150 valence electrons. The van der Waals surface area contributed by atoms with Gasteiger partial charge in [0.05, 0.1) is 0 Å². The van der Waals surface area contributed by atoms with E-state index in [1.165, 1.54) is 5.56 Å². The van der Waals surface area contributed by atoms with E-state index in [9.17, 15) is 4.79 Å². The zero-order valence-corrected chi connectivity index (χ0v) is 16.5. The molecule has 0 unspecified atom stereocenters. The topological polar surface area (TPSA) is 73.6 Å². The first-order chi connectivity index (χ1) is 14.7. The average Bonchev–Trinajstić information content (AvgIpc) is 3.22. The fourth-order valence-electron chi connectivity index (χ4n) is 3.43. The van der Waals surface area contributed by atoms with Gasteiger partial charge in [-0.3, -0.25) is 4.79 Å². The van der Waals surface area contributed by atoms with Gasteiger partial charge in [0, 0.05) is 16.8 Å². The number of hydrogen-bond acceptors (Lipinski definition) is 5. The number of oxazole rings is 1. The molecule has 6 heteroatoms. The Labute approximate surface area is 173 Å². The van der Waals surface area contributed by atoms with Crippen molar-refractivity contribution < 1.29 is 18.7 Å². The molecule has 5 rings (SSSR count). The molecule has 3 aromatic carbocycles. The number of hydrogen-bond donors (Lipinski definition) is 1. The fourth-order valence-corrected chi connectivity index (χ4v) is 3.43. The Morgan fingerprint density at radius 1 is 1.00 bits per heavy atom. The molecule has 0 saturated carbocycles. The van der Waals surface area contributed by atoms with Gasteiger partial charge in [-0.15, -0.1) is 0 Å². The van der Waals surface area contributed by atoms with Gasteiger partial charge in [-0.05, 0) is 60.5 Å². The Bertz CT molecular complexity index is 1250. The molecule has 4 aromatic rings. The van der Waals surface area contributed by atoms with Crippen molar-refractivity contribution in [3.05, 3.63) is 71.8 Å². The lowest BCUT2D eigenvalue weighted by atomic mass is 10.1. The lowest BCUT2D eigenvalue weighted by Gasteiger charge is -2.18. The van der Waals surface area contributed by atoms with Crippen LogP contribution in [0.1, 0.15) is 22.8 Å². The third-order valence-corrected chi connectivity index (χ3v) is 5.03. The van der Waals surface area contributed by atoms with Gasteiger partial charge in [-0.2, -0.15) is 0 Å². The van der Waals surface area contributed by atoms with Crippen LogP contribution < -0.4 is 14.8 Å². The highest BCUT2D eigenvalue weighted by Gasteiger charge is 2.16. The molecule has 6 nitrogen and oxygen atoms in total. The van der Waals surface area contributed by atoms with Gasteiger partial charge in [-0.25, -0.2) is 4.98 Å². The molecular formula is C24H20N2O4. The summed E-state index contributed by atoms with van der Waals surface area (Å²) in [6.45, 7) is 3.10. The first kappa shape index (κ1) is 18.2. The van der Waals surface area contributed by atoms with Crippen molar-refractivity contribution in [2.75, 3.05) is 18.5 Å². The maximum atomic E-state index is 12.7. The van der Waals surface area contributed by atoms with Gasteiger partial charge < -0.3 is 19.2 Å². The summed E-state index contributed by atoms with van der Waals surface area (Å²) >= 11 is 0. The first-order valence-corrected chi connectivity index (χ1v) is 9.90. The molecule has 1 aliphatic rings. The summed E-state index contributed by atoms with van der Waals surface area (Å²) in [5.74, 6) is 1.53. The highest BCUT2D eigenvalue weighted by molar-refractivity contribution is 6.05. The minimum Gasteiger partial charge on any atom is -0.486 e. The molecule has 0 aliphatic carbocycles. The van der Waals surface area contributed by atoms with Gasteiger partial charge in [0.2, 0.25) is 5.89 Å². The molecule has 30 heavy (non-hydrogen) atoms. The van der Waals surface area contributed by atoms with Gasteiger partial charge in [0.15, 0.2) is 17.1 Å². The number of carbonyl (C=O) groups is 1. The van der Waals surface area contributed by atoms with Crippen molar-refractivity contribution >= 4 is 22.7 Å². The monoisotopic (exact) mass is 400 g/mol. The SMILES string of the molecule is CCc1ccc2oc(-c3cccc(NC(=O)c4ccc5c(c4)OCCO5)c3)nc2c1. The van der Waals surface area contributed by atoms with Gasteiger partial charge in [0.25, 0.3) is 5.91 Å². The smallest absolute Gasteiger partial charge is 0.255 e. The van der Waals surface area contributed by atoms with Gasteiger partial charge in [-0.1, -0.05) is 19.1 Å². The molecule has 2 heterocycles. The average molecular weight is 400 g/mol. The molecule has 1 aromatic heterocycles. The minimum absolute atomic E-state index is 0.228. The van der Waals surface area contributed by atoms with Crippen LogP contribution in [0.3, 0.4) is 0 Å². The highest BCUT2D eigenvalue weighted by atomic mass is 16.6. The molecule has 0 fully saturated rings. The number of anilines is 1. The lowest BCUT2D eigenvalue weighted by Crippen LogP contribution is -2.17. The standard InChI is InChI=1S/C24H20N2O4/c1-2-15-6-8-20-19(12-15)26-24(30-20)17-4-3-5-18(13-17)25-23(27)16-7-9-21-22(14-16)29-11-10-28-21/h3-9,12-14H,2,10-11H2,1H3,(H,25,27). The summed E-state index contributed by atoms with van der Waals surface area (Å²) in [7, 11) is 0. The predicted octanol–water partition coefficient (Wildman–Crippen LogP) is 5.08. The number of benzene rings is 3. The van der Waals surface area contributed by atoms with Crippen LogP contribution in [-0.2, 0) is 6.42 Å². The third-order valence-electron chi connectivity index (χ3n) is 5.03. The van der Waals surface area contributed by atoms with Crippen molar-refractivity contribution in [2.45, 2.75) is 13.3 Å². The number of aryl methyl sites for hydroxylation is 1. The van der Waals surface area contributed by atoms with Crippen molar-refractivity contribution in [2.24, 2.45) is 0 Å². The lowest BCUT2D eigenvalue weighted by molar-refractivity contribution is 0.102. The number of aromatic nitrogens is 1. The number of ether oxygens (including phenoxy) is 2. The fraction of sp³-hybridized carbons (Fsp3) is 0.167. The van der Waals surface area contributed by atoms with Crippen molar-refractivity contribution in [3.63, 3.8) is 0 Å². The number of rotatable bonds is 4. The Morgan fingerprint density at radius 3 is 2.73 bits per heavy atom. The third kappa shape index (κ3) is 3.48. The molecule has 1 N–H and O–H groups in total. The Balaban J connectivity index is 1.39. The van der Waals surface area contributed by atoms with E-state index >= 15 is 0 Å². The van der Waals surface area contributed by atoms with Crippen LogP contribution in [0.2, 0.25) is 0 Å². The van der Waals surface area contributed by atoms with Crippen LogP contribution in [0.4, 0.5) is 5.69 Å². The van der Waals surface area contributed by atoms with Crippen molar-refractivity contribution in [1.82, 2.24) is 4.98 Å². The van der Waals surface area contributed by atoms with Crippen LogP contribution in [0.5, 0.6) is 11.5 Å². The number of amides is 1. The van der Waals surface area contributed by atoms with Crippen molar-refractivity contribution in [1.29, 1.82) is 0 Å². The Hall–Kier alpha value is -3.80. The summed E-state index contributed by atoms with van der Waals surface area (Å²) in [6.07, 6.45) is 0.944. The summed E-state index contributed by atoms with van der Waals surface area (Å²) in [4.78, 5) is 17.3. The van der Waals surface area contributed by atoms with E-state index < -0.39 is 0 Å². The van der Waals surface area contributed by atoms with E-state index in [1.54, 1.807) is 18.2 Å². The van der Waals surface area contributed by atoms with Crippen LogP contribution in [0, 0.1) is 0 Å². The second-order valence-corrected chi connectivity index (χ2v) is 7.07. The number of nitrogens with one attached hydrogen (secondary N) is 1. The van der Waals surface area contributed by atoms with Gasteiger partial charge in [0.1, 0.15) is 18.7 Å². The zero-order valence-electron chi connectivity index (χ0n) is 16.5. The summed E-state index contributed by atoms with van der Waals surface area (Å²) in [5, 5.41) is 2.92. The molecule has 0 spiro atoms. The van der Waals surface area contributed by atoms with E-state index in [0.29, 0.717) is 41.9 Å². The highest BCUT2D eigenvalue weighted by Crippen LogP contribution is 2.31. The van der Waals surface area contributed by atoms with E-state index in [1.807, 2.05) is 42.5 Å². The van der Waals surface area contributed by atoms with Crippen LogP contribution in [0.25, 0.3) is 22.6 Å². The minimum atomic E-state index is -0.228. The first-order valence-electron chi connectivity index (χ1n) is 9.90. The second-order valence-electron chi connectivity index (χ2n) is 7.07. The molecule has 0 radical (unpaired) electrons. The number of fused-ring (bicyclic) bond motifs is 2. The maximum absolute atomic E-state index is 12.7. The summed E-state index contributed by atoms with van der Waals surface area (Å²) in [6, 6.07) is 18.6. The Kier molecular flexibility index (Phi) is 4.59. The summed E-state index contributed by atoms with van der Waals surface area (Å²) in [5.41, 5.74) is 4.73. The maximum Gasteiger partial charge on any atom is 0.255 e. The van der Waals surface area contributed by atoms with Gasteiger partial charge >= 0.3 is 0 Å². The van der Waals surface area contributed by atoms with E-state index in [2.05, 4.69) is 17.2 Å². The number of nitrogens with zero attached hydrogens (tertiary/aromatic N) is 1. The largest absolute Gasteiger partial charge is 0.486 e. The Morgan fingerprint density at radius 2 is 1.87 bits per heavy atom. The molecule has 1 aliphatic heterocycles.